The molecule has 2 nitrogen and oxygen atoms in total. The molecule has 0 aliphatic rings. The summed E-state index contributed by atoms with van der Waals surface area (Å²) >= 11 is 3.39. The van der Waals surface area contributed by atoms with Crippen molar-refractivity contribution in [2.75, 3.05) is 11.9 Å². The molecule has 4 aromatic carbocycles. The van der Waals surface area contributed by atoms with Crippen LogP contribution in [0.25, 0.3) is 32.3 Å². The summed E-state index contributed by atoms with van der Waals surface area (Å²) in [6, 6.07) is 14.0. The Morgan fingerprint density at radius 1 is 0.952 bits per heavy atom. The molecule has 0 N–H and O–H groups in total. The molecule has 21 heavy (non-hydrogen) atoms. The summed E-state index contributed by atoms with van der Waals surface area (Å²) < 4.78 is 5.77. The highest BCUT2D eigenvalue weighted by atomic mass is 79.9. The van der Waals surface area contributed by atoms with Gasteiger partial charge in [0.2, 0.25) is 0 Å². The van der Waals surface area contributed by atoms with Crippen molar-refractivity contribution in [3.05, 3.63) is 52.7 Å². The first-order valence-corrected chi connectivity index (χ1v) is 8.15. The van der Waals surface area contributed by atoms with Crippen LogP contribution in [0.15, 0.2) is 47.3 Å². The van der Waals surface area contributed by atoms with Gasteiger partial charge in [-0.3, -0.25) is 4.79 Å². The molecule has 0 unspecified atom stereocenters. The summed E-state index contributed by atoms with van der Waals surface area (Å²) in [7, 11) is 0. The van der Waals surface area contributed by atoms with E-state index in [1.807, 2.05) is 24.3 Å². The molecule has 0 aliphatic heterocycles. The molecular formula is C18H13BrO2. The van der Waals surface area contributed by atoms with Crippen LogP contribution in [0.3, 0.4) is 0 Å². The summed E-state index contributed by atoms with van der Waals surface area (Å²) in [4.78, 5) is 12.6. The lowest BCUT2D eigenvalue weighted by atomic mass is 10.0. The van der Waals surface area contributed by atoms with Gasteiger partial charge in [0.05, 0.1) is 6.61 Å². The number of alkyl halides is 1. The maximum Gasteiger partial charge on any atom is 0.194 e. The zero-order valence-corrected chi connectivity index (χ0v) is 12.9. The minimum Gasteiger partial charge on any atom is -0.494 e. The lowest BCUT2D eigenvalue weighted by Crippen LogP contribution is -1.99. The van der Waals surface area contributed by atoms with E-state index in [0.717, 1.165) is 49.8 Å². The fourth-order valence-electron chi connectivity index (χ4n) is 3.06. The number of hydrogen-bond donors (Lipinski definition) is 0. The van der Waals surface area contributed by atoms with E-state index >= 15 is 0 Å². The van der Waals surface area contributed by atoms with Gasteiger partial charge in [0, 0.05) is 26.9 Å². The first-order chi connectivity index (χ1) is 10.3. The second-order valence-corrected chi connectivity index (χ2v) is 6.05. The van der Waals surface area contributed by atoms with Gasteiger partial charge < -0.3 is 4.74 Å². The van der Waals surface area contributed by atoms with Crippen LogP contribution in [0.1, 0.15) is 6.42 Å². The zero-order chi connectivity index (χ0) is 14.4. The minimum atomic E-state index is 0.109. The number of benzene rings is 3. The number of rotatable bonds is 4. The number of ether oxygens (including phenoxy) is 1. The Kier molecular flexibility index (Phi) is 2.96. The molecule has 3 heteroatoms. The minimum absolute atomic E-state index is 0.109. The molecule has 0 bridgehead atoms. The first-order valence-electron chi connectivity index (χ1n) is 7.02. The van der Waals surface area contributed by atoms with Crippen LogP contribution in [0.5, 0.6) is 5.75 Å². The van der Waals surface area contributed by atoms with Gasteiger partial charge in [0.1, 0.15) is 5.75 Å². The van der Waals surface area contributed by atoms with E-state index in [1.54, 1.807) is 0 Å². The van der Waals surface area contributed by atoms with Gasteiger partial charge in [-0.15, -0.1) is 0 Å². The molecule has 0 heterocycles. The van der Waals surface area contributed by atoms with Crippen molar-refractivity contribution < 1.29 is 4.74 Å². The second kappa shape index (κ2) is 4.85. The topological polar surface area (TPSA) is 26.3 Å². The Bertz CT molecular complexity index is 977. The van der Waals surface area contributed by atoms with Crippen LogP contribution in [0.2, 0.25) is 0 Å². The predicted octanol–water partition coefficient (Wildman–Crippen LogP) is 4.55. The summed E-state index contributed by atoms with van der Waals surface area (Å²) in [6.45, 7) is 0.652. The van der Waals surface area contributed by atoms with Crippen LogP contribution in [-0.2, 0) is 0 Å². The molecule has 0 saturated carbocycles. The van der Waals surface area contributed by atoms with Gasteiger partial charge in [-0.1, -0.05) is 46.3 Å². The van der Waals surface area contributed by atoms with Crippen LogP contribution < -0.4 is 10.2 Å². The predicted molar refractivity (Wildman–Crippen MR) is 91.5 cm³/mol. The van der Waals surface area contributed by atoms with Crippen LogP contribution in [-0.4, -0.2) is 11.9 Å². The molecule has 0 amide bonds. The summed E-state index contributed by atoms with van der Waals surface area (Å²) in [5, 5.41) is 6.85. The van der Waals surface area contributed by atoms with Gasteiger partial charge in [-0.25, -0.2) is 0 Å². The third kappa shape index (κ3) is 1.88. The van der Waals surface area contributed by atoms with Gasteiger partial charge in [-0.2, -0.15) is 0 Å². The first kappa shape index (κ1) is 12.8. The molecule has 0 fully saturated rings. The molecule has 0 aromatic heterocycles. The molecule has 0 spiro atoms. The second-order valence-electron chi connectivity index (χ2n) is 5.26. The Morgan fingerprint density at radius 3 is 2.62 bits per heavy atom. The van der Waals surface area contributed by atoms with E-state index in [1.165, 1.54) is 0 Å². The van der Waals surface area contributed by atoms with Gasteiger partial charge >= 0.3 is 0 Å². The standard InChI is InChI=1S/C18H13BrO2/c19-7-2-8-21-13-9-12-6-5-11-3-1-4-14-16(11)17(12)15(10-13)18(14)20/h1,3-6,9-10H,2,7-8H2. The molecule has 104 valence electrons. The van der Waals surface area contributed by atoms with Crippen molar-refractivity contribution in [2.45, 2.75) is 6.42 Å². The van der Waals surface area contributed by atoms with Gasteiger partial charge in [0.15, 0.2) is 5.43 Å². The highest BCUT2D eigenvalue weighted by Gasteiger charge is 2.15. The van der Waals surface area contributed by atoms with Crippen molar-refractivity contribution in [1.82, 2.24) is 0 Å². The van der Waals surface area contributed by atoms with E-state index in [9.17, 15) is 4.79 Å². The van der Waals surface area contributed by atoms with Crippen LogP contribution in [0, 0.1) is 0 Å². The Balaban J connectivity index is 2.02. The maximum absolute atomic E-state index is 12.6. The van der Waals surface area contributed by atoms with Crippen LogP contribution in [0.4, 0.5) is 0 Å². The average molecular weight is 341 g/mol. The smallest absolute Gasteiger partial charge is 0.194 e. The van der Waals surface area contributed by atoms with E-state index in [0.29, 0.717) is 6.61 Å². The maximum atomic E-state index is 12.6. The molecule has 4 aromatic rings. The van der Waals surface area contributed by atoms with E-state index in [2.05, 4.69) is 34.1 Å². The Labute approximate surface area is 130 Å². The molecule has 0 aliphatic carbocycles. The summed E-state index contributed by atoms with van der Waals surface area (Å²) in [5.41, 5.74) is 0.109. The van der Waals surface area contributed by atoms with Crippen molar-refractivity contribution in [3.8, 4) is 5.75 Å². The monoisotopic (exact) mass is 340 g/mol. The lowest BCUT2D eigenvalue weighted by Gasteiger charge is -2.07. The zero-order valence-electron chi connectivity index (χ0n) is 11.4. The van der Waals surface area contributed by atoms with E-state index in [4.69, 9.17) is 4.74 Å². The van der Waals surface area contributed by atoms with Gasteiger partial charge in [0.25, 0.3) is 0 Å². The quantitative estimate of drug-likeness (QED) is 0.309. The highest BCUT2D eigenvalue weighted by Crippen LogP contribution is 2.36. The van der Waals surface area contributed by atoms with Crippen molar-refractivity contribution in [2.24, 2.45) is 0 Å². The molecule has 0 saturated heterocycles. The molecule has 0 atom stereocenters. The number of hydrogen-bond acceptors (Lipinski definition) is 2. The summed E-state index contributed by atoms with van der Waals surface area (Å²) in [6.07, 6.45) is 0.945. The number of halogens is 1. The normalized spacial score (nSPS) is 11.9. The molecule has 4 rings (SSSR count). The van der Waals surface area contributed by atoms with Crippen LogP contribution >= 0.6 is 15.9 Å². The largest absolute Gasteiger partial charge is 0.494 e. The highest BCUT2D eigenvalue weighted by molar-refractivity contribution is 9.09. The SMILES string of the molecule is O=c1c2cccc3ccc4cc(OCCCBr)cc1c4c32. The van der Waals surface area contributed by atoms with Gasteiger partial charge in [-0.05, 0) is 29.3 Å². The average Bonchev–Trinajstić information content (AvgIpc) is 2.80. The Morgan fingerprint density at radius 2 is 1.76 bits per heavy atom. The lowest BCUT2D eigenvalue weighted by molar-refractivity contribution is 0.320. The van der Waals surface area contributed by atoms with E-state index < -0.39 is 0 Å². The van der Waals surface area contributed by atoms with Crippen molar-refractivity contribution in [1.29, 1.82) is 0 Å². The molecule has 0 radical (unpaired) electrons. The summed E-state index contributed by atoms with van der Waals surface area (Å²) in [5.74, 6) is 0.777. The van der Waals surface area contributed by atoms with Crippen molar-refractivity contribution >= 4 is 48.2 Å². The van der Waals surface area contributed by atoms with E-state index in [-0.39, 0.29) is 5.43 Å². The Hall–Kier alpha value is -1.87. The fourth-order valence-corrected chi connectivity index (χ4v) is 3.29. The third-order valence-electron chi connectivity index (χ3n) is 3.97. The van der Waals surface area contributed by atoms with Crippen molar-refractivity contribution in [3.63, 3.8) is 0 Å². The third-order valence-corrected chi connectivity index (χ3v) is 4.53. The fraction of sp³-hybridized carbons (Fsp3) is 0.167. The molecular weight excluding hydrogens is 328 g/mol.